The average Bonchev–Trinajstić information content (AvgIpc) is 2.84. The smallest absolute Gasteiger partial charge is 0.355 e. The van der Waals surface area contributed by atoms with Crippen molar-refractivity contribution in [1.29, 1.82) is 0 Å². The number of amides is 1. The zero-order valence-corrected chi connectivity index (χ0v) is 21.4. The first-order valence-corrected chi connectivity index (χ1v) is 11.7. The van der Waals surface area contributed by atoms with Crippen LogP contribution in [0, 0.1) is 0 Å². The van der Waals surface area contributed by atoms with Crippen LogP contribution in [0.15, 0.2) is 53.5 Å². The number of likely N-dealkylation sites (N-methyl/N-ethyl adjacent to an activating group) is 2. The van der Waals surface area contributed by atoms with Gasteiger partial charge in [0.25, 0.3) is 5.91 Å². The number of hydrogen-bond donors (Lipinski definition) is 2. The minimum absolute atomic E-state index is 0.0628. The molecule has 0 saturated carbocycles. The Balaban J connectivity index is 1.58. The SMILES string of the molecule is CN(C)CCN(C)C(=O)c1ccc(Nc2ncc3c(N)n(-c4c(Cl)cccc4Cl)c(=O)nc3n2)cc1. The molecule has 2 aromatic carbocycles. The molecule has 0 aliphatic carbocycles. The van der Waals surface area contributed by atoms with Crippen molar-refractivity contribution < 1.29 is 4.79 Å². The Labute approximate surface area is 217 Å². The number of nitrogens with zero attached hydrogens (tertiary/aromatic N) is 6. The van der Waals surface area contributed by atoms with Crippen LogP contribution < -0.4 is 16.7 Å². The first kappa shape index (κ1) is 25.4. The molecule has 2 aromatic heterocycles. The molecule has 0 atom stereocenters. The molecule has 0 aliphatic rings. The lowest BCUT2D eigenvalue weighted by molar-refractivity contribution is 0.0786. The van der Waals surface area contributed by atoms with E-state index in [0.717, 1.165) is 11.1 Å². The van der Waals surface area contributed by atoms with Crippen LogP contribution in [0.1, 0.15) is 10.4 Å². The van der Waals surface area contributed by atoms with Crippen LogP contribution in [0.3, 0.4) is 0 Å². The minimum atomic E-state index is -0.680. The average molecular weight is 527 g/mol. The lowest BCUT2D eigenvalue weighted by Crippen LogP contribution is -2.33. The predicted molar refractivity (Wildman–Crippen MR) is 143 cm³/mol. The molecule has 0 bridgehead atoms. The molecule has 0 fully saturated rings. The van der Waals surface area contributed by atoms with E-state index in [1.54, 1.807) is 54.4 Å². The maximum absolute atomic E-state index is 12.8. The fourth-order valence-corrected chi connectivity index (χ4v) is 4.05. The van der Waals surface area contributed by atoms with Crippen molar-refractivity contribution in [3.8, 4) is 5.69 Å². The summed E-state index contributed by atoms with van der Waals surface area (Å²) in [4.78, 5) is 41.8. The highest BCUT2D eigenvalue weighted by molar-refractivity contribution is 6.37. The molecule has 12 heteroatoms. The summed E-state index contributed by atoms with van der Waals surface area (Å²) in [6.07, 6.45) is 1.46. The third-order valence-electron chi connectivity index (χ3n) is 5.46. The van der Waals surface area contributed by atoms with E-state index in [1.165, 1.54) is 6.20 Å². The minimum Gasteiger partial charge on any atom is -0.384 e. The molecule has 2 heterocycles. The first-order valence-electron chi connectivity index (χ1n) is 10.9. The van der Waals surface area contributed by atoms with E-state index < -0.39 is 5.69 Å². The second kappa shape index (κ2) is 10.5. The van der Waals surface area contributed by atoms with Gasteiger partial charge in [0, 0.05) is 37.6 Å². The van der Waals surface area contributed by atoms with E-state index in [9.17, 15) is 9.59 Å². The van der Waals surface area contributed by atoms with Gasteiger partial charge in [-0.1, -0.05) is 29.3 Å². The fraction of sp³-hybridized carbons (Fsp3) is 0.208. The van der Waals surface area contributed by atoms with Crippen LogP contribution in [0.4, 0.5) is 17.5 Å². The highest BCUT2D eigenvalue weighted by Gasteiger charge is 2.17. The van der Waals surface area contributed by atoms with Crippen LogP contribution in [0.2, 0.25) is 10.0 Å². The van der Waals surface area contributed by atoms with Gasteiger partial charge in [-0.2, -0.15) is 9.97 Å². The van der Waals surface area contributed by atoms with Crippen molar-refractivity contribution in [2.24, 2.45) is 0 Å². The van der Waals surface area contributed by atoms with Crippen LogP contribution in [0.5, 0.6) is 0 Å². The van der Waals surface area contributed by atoms with Crippen LogP contribution in [-0.4, -0.2) is 69.5 Å². The Morgan fingerprint density at radius 3 is 2.33 bits per heavy atom. The van der Waals surface area contributed by atoms with Crippen molar-refractivity contribution in [1.82, 2.24) is 29.3 Å². The number of halogens is 2. The molecule has 4 aromatic rings. The van der Waals surface area contributed by atoms with Crippen molar-refractivity contribution in [2.45, 2.75) is 0 Å². The number of para-hydroxylation sites is 1. The zero-order chi connectivity index (χ0) is 26.0. The van der Waals surface area contributed by atoms with Crippen molar-refractivity contribution >= 4 is 57.6 Å². The molecule has 186 valence electrons. The number of aromatic nitrogens is 4. The van der Waals surface area contributed by atoms with Crippen molar-refractivity contribution in [3.05, 3.63) is 74.8 Å². The number of carbonyl (C=O) groups excluding carboxylic acids is 1. The summed E-state index contributed by atoms with van der Waals surface area (Å²) in [7, 11) is 5.69. The van der Waals surface area contributed by atoms with Crippen molar-refractivity contribution in [3.63, 3.8) is 0 Å². The summed E-state index contributed by atoms with van der Waals surface area (Å²) in [5.41, 5.74) is 7.16. The summed E-state index contributed by atoms with van der Waals surface area (Å²) >= 11 is 12.5. The van der Waals surface area contributed by atoms with Gasteiger partial charge in [-0.3, -0.25) is 4.79 Å². The van der Waals surface area contributed by atoms with Gasteiger partial charge >= 0.3 is 5.69 Å². The Kier molecular flexibility index (Phi) is 7.39. The van der Waals surface area contributed by atoms with E-state index >= 15 is 0 Å². The van der Waals surface area contributed by atoms with Crippen molar-refractivity contribution in [2.75, 3.05) is 45.3 Å². The van der Waals surface area contributed by atoms with E-state index in [0.29, 0.717) is 23.2 Å². The summed E-state index contributed by atoms with van der Waals surface area (Å²) in [6.45, 7) is 1.40. The monoisotopic (exact) mass is 526 g/mol. The number of benzene rings is 2. The second-order valence-corrected chi connectivity index (χ2v) is 9.16. The highest BCUT2D eigenvalue weighted by Crippen LogP contribution is 2.30. The zero-order valence-electron chi connectivity index (χ0n) is 19.9. The summed E-state index contributed by atoms with van der Waals surface area (Å²) in [6, 6.07) is 11.8. The van der Waals surface area contributed by atoms with Gasteiger partial charge in [0.05, 0.1) is 21.1 Å². The molecule has 3 N–H and O–H groups in total. The van der Waals surface area contributed by atoms with E-state index in [1.807, 2.05) is 19.0 Å². The molecule has 0 spiro atoms. The number of nitrogens with one attached hydrogen (secondary N) is 1. The molecule has 1 amide bonds. The largest absolute Gasteiger partial charge is 0.384 e. The maximum atomic E-state index is 12.8. The Morgan fingerprint density at radius 1 is 1.03 bits per heavy atom. The Bertz CT molecular complexity index is 1470. The van der Waals surface area contributed by atoms with Gasteiger partial charge < -0.3 is 20.9 Å². The normalized spacial score (nSPS) is 11.2. The molecule has 0 unspecified atom stereocenters. The third-order valence-corrected chi connectivity index (χ3v) is 6.07. The van der Waals surface area contributed by atoms with E-state index in [2.05, 4.69) is 20.3 Å². The molecule has 0 aliphatic heterocycles. The standard InChI is InChI=1S/C24H24Cl2N8O2/c1-32(2)11-12-33(3)22(35)14-7-9-15(10-8-14)29-23-28-13-16-20(27)34(24(36)31-21(16)30-23)19-17(25)5-4-6-18(19)26/h4-10,13H,11-12,27H2,1-3H3,(H,29,30,31,36). The second-order valence-electron chi connectivity index (χ2n) is 8.35. The molecule has 4 rings (SSSR count). The van der Waals surface area contributed by atoms with Gasteiger partial charge in [0.1, 0.15) is 5.82 Å². The Morgan fingerprint density at radius 2 is 1.69 bits per heavy atom. The highest BCUT2D eigenvalue weighted by atomic mass is 35.5. The number of rotatable bonds is 7. The molecule has 36 heavy (non-hydrogen) atoms. The number of carbonyl (C=O) groups is 1. The summed E-state index contributed by atoms with van der Waals surface area (Å²) in [5.74, 6) is 0.206. The predicted octanol–water partition coefficient (Wildman–Crippen LogP) is 3.44. The maximum Gasteiger partial charge on any atom is 0.355 e. The molecule has 0 saturated heterocycles. The van der Waals surface area contributed by atoms with Crippen LogP contribution in [-0.2, 0) is 0 Å². The van der Waals surface area contributed by atoms with Gasteiger partial charge in [0.15, 0.2) is 5.65 Å². The van der Waals surface area contributed by atoms with Gasteiger partial charge in [-0.25, -0.2) is 14.3 Å². The topological polar surface area (TPSA) is 122 Å². The van der Waals surface area contributed by atoms with E-state index in [4.69, 9.17) is 28.9 Å². The summed E-state index contributed by atoms with van der Waals surface area (Å²) < 4.78 is 1.13. The number of anilines is 3. The van der Waals surface area contributed by atoms with Gasteiger partial charge in [-0.15, -0.1) is 0 Å². The first-order chi connectivity index (χ1) is 17.2. The fourth-order valence-electron chi connectivity index (χ4n) is 3.48. The number of nitrogen functional groups attached to an aromatic ring is 1. The lowest BCUT2D eigenvalue weighted by atomic mass is 10.2. The van der Waals surface area contributed by atoms with E-state index in [-0.39, 0.29) is 39.1 Å². The van der Waals surface area contributed by atoms with Crippen LogP contribution in [0.25, 0.3) is 16.7 Å². The molecule has 0 radical (unpaired) electrons. The number of nitrogens with two attached hydrogens (primary N) is 1. The molecule has 10 nitrogen and oxygen atoms in total. The molecular weight excluding hydrogens is 503 g/mol. The van der Waals surface area contributed by atoms with Gasteiger partial charge in [-0.05, 0) is 50.5 Å². The number of fused-ring (bicyclic) bond motifs is 1. The Hall–Kier alpha value is -3.73. The third kappa shape index (κ3) is 5.25. The van der Waals surface area contributed by atoms with Gasteiger partial charge in [0.2, 0.25) is 5.95 Å². The quantitative estimate of drug-likeness (QED) is 0.375. The molecular formula is C24H24Cl2N8O2. The lowest BCUT2D eigenvalue weighted by Gasteiger charge is -2.19. The van der Waals surface area contributed by atoms with Crippen LogP contribution >= 0.6 is 23.2 Å². The number of hydrogen-bond acceptors (Lipinski definition) is 8. The summed E-state index contributed by atoms with van der Waals surface area (Å²) in [5, 5.41) is 3.91.